The molecule has 0 bridgehead atoms. The molecular formula is C19H17NOS. The molecule has 0 N–H and O–H groups in total. The molecule has 0 atom stereocenters. The fraction of sp³-hybridized carbons (Fsp3) is 0.211. The highest BCUT2D eigenvalue weighted by Gasteiger charge is 2.33. The molecule has 0 saturated heterocycles. The summed E-state index contributed by atoms with van der Waals surface area (Å²) in [4.78, 5) is 15.8. The van der Waals surface area contributed by atoms with E-state index in [1.165, 1.54) is 10.3 Å². The summed E-state index contributed by atoms with van der Waals surface area (Å²) in [7, 11) is 0. The molecule has 4 rings (SSSR count). The fourth-order valence-corrected chi connectivity index (χ4v) is 3.78. The summed E-state index contributed by atoms with van der Waals surface area (Å²) in [5, 5.41) is 1.16. The molecule has 0 spiro atoms. The van der Waals surface area contributed by atoms with Crippen LogP contribution >= 0.6 is 11.3 Å². The second-order valence-electron chi connectivity index (χ2n) is 5.80. The topological polar surface area (TPSA) is 20.3 Å². The van der Waals surface area contributed by atoms with Crippen LogP contribution in [0, 0.1) is 0 Å². The summed E-state index contributed by atoms with van der Waals surface area (Å²) in [6.45, 7) is 0.707. The van der Waals surface area contributed by atoms with Gasteiger partial charge in [-0.05, 0) is 35.9 Å². The van der Waals surface area contributed by atoms with Crippen molar-refractivity contribution in [1.82, 2.24) is 4.90 Å². The van der Waals surface area contributed by atoms with Crippen molar-refractivity contribution in [3.8, 4) is 0 Å². The number of rotatable bonds is 4. The van der Waals surface area contributed by atoms with E-state index in [1.54, 1.807) is 11.3 Å². The van der Waals surface area contributed by atoms with Crippen LogP contribution in [0.5, 0.6) is 0 Å². The average molecular weight is 307 g/mol. The van der Waals surface area contributed by atoms with Crippen LogP contribution in [0.3, 0.4) is 0 Å². The predicted molar refractivity (Wildman–Crippen MR) is 91.2 cm³/mol. The van der Waals surface area contributed by atoms with E-state index >= 15 is 0 Å². The number of fused-ring (bicyclic) bond motifs is 1. The molecule has 110 valence electrons. The largest absolute Gasteiger partial charge is 0.331 e. The minimum Gasteiger partial charge on any atom is -0.331 e. The summed E-state index contributed by atoms with van der Waals surface area (Å²) < 4.78 is 1.18. The van der Waals surface area contributed by atoms with Gasteiger partial charge in [0.25, 0.3) is 5.91 Å². The second-order valence-corrected chi connectivity index (χ2v) is 6.88. The molecule has 3 heteroatoms. The van der Waals surface area contributed by atoms with E-state index in [-0.39, 0.29) is 5.91 Å². The first-order valence-corrected chi connectivity index (χ1v) is 8.46. The molecular weight excluding hydrogens is 290 g/mol. The Hall–Kier alpha value is -2.13. The summed E-state index contributed by atoms with van der Waals surface area (Å²) in [5.74, 6) is 0.174. The van der Waals surface area contributed by atoms with Crippen molar-refractivity contribution in [1.29, 1.82) is 0 Å². The van der Waals surface area contributed by atoms with Gasteiger partial charge in [0.15, 0.2) is 0 Å². The van der Waals surface area contributed by atoms with Crippen molar-refractivity contribution >= 4 is 27.3 Å². The number of nitrogens with zero attached hydrogens (tertiary/aromatic N) is 1. The number of thiophene rings is 1. The lowest BCUT2D eigenvalue weighted by molar-refractivity contribution is 0.0735. The molecule has 0 radical (unpaired) electrons. The molecule has 3 aromatic rings. The van der Waals surface area contributed by atoms with Gasteiger partial charge < -0.3 is 4.90 Å². The highest BCUT2D eigenvalue weighted by molar-refractivity contribution is 7.20. The molecule has 1 aliphatic carbocycles. The van der Waals surface area contributed by atoms with Gasteiger partial charge in [0.05, 0.1) is 4.88 Å². The zero-order chi connectivity index (χ0) is 14.9. The summed E-state index contributed by atoms with van der Waals surface area (Å²) >= 11 is 1.60. The summed E-state index contributed by atoms with van der Waals surface area (Å²) in [6, 6.07) is 20.9. The Kier molecular flexibility index (Phi) is 3.43. The monoisotopic (exact) mass is 307 g/mol. The smallest absolute Gasteiger partial charge is 0.264 e. The minimum absolute atomic E-state index is 0.174. The van der Waals surface area contributed by atoms with Crippen molar-refractivity contribution in [2.75, 3.05) is 0 Å². The third-order valence-corrected chi connectivity index (χ3v) is 5.18. The molecule has 22 heavy (non-hydrogen) atoms. The van der Waals surface area contributed by atoms with Gasteiger partial charge >= 0.3 is 0 Å². The van der Waals surface area contributed by atoms with Crippen molar-refractivity contribution < 1.29 is 4.79 Å². The van der Waals surface area contributed by atoms with Crippen LogP contribution in [0.25, 0.3) is 10.1 Å². The Bertz CT molecular complexity index is 771. The summed E-state index contributed by atoms with van der Waals surface area (Å²) in [6.07, 6.45) is 2.26. The normalized spacial score (nSPS) is 14.2. The number of hydrogen-bond acceptors (Lipinski definition) is 2. The molecule has 1 aliphatic rings. The zero-order valence-electron chi connectivity index (χ0n) is 12.2. The number of benzene rings is 2. The Morgan fingerprint density at radius 3 is 2.50 bits per heavy atom. The summed E-state index contributed by atoms with van der Waals surface area (Å²) in [5.41, 5.74) is 1.20. The third kappa shape index (κ3) is 2.64. The maximum atomic E-state index is 12.9. The molecule has 1 amide bonds. The van der Waals surface area contributed by atoms with Crippen molar-refractivity contribution in [3.05, 3.63) is 71.1 Å². The van der Waals surface area contributed by atoms with Crippen LogP contribution in [0.4, 0.5) is 0 Å². The van der Waals surface area contributed by atoms with Gasteiger partial charge in [-0.25, -0.2) is 0 Å². The zero-order valence-corrected chi connectivity index (χ0v) is 13.1. The predicted octanol–water partition coefficient (Wildman–Crippen LogP) is 4.71. The lowest BCUT2D eigenvalue weighted by Crippen LogP contribution is -2.32. The Morgan fingerprint density at radius 2 is 1.77 bits per heavy atom. The van der Waals surface area contributed by atoms with Crippen LogP contribution in [-0.2, 0) is 6.54 Å². The van der Waals surface area contributed by atoms with E-state index in [9.17, 15) is 4.79 Å². The van der Waals surface area contributed by atoms with E-state index in [0.29, 0.717) is 12.6 Å². The Labute approximate surface area is 134 Å². The van der Waals surface area contributed by atoms with E-state index < -0.39 is 0 Å². The molecule has 1 aromatic heterocycles. The van der Waals surface area contributed by atoms with Crippen LogP contribution in [-0.4, -0.2) is 16.8 Å². The highest BCUT2D eigenvalue weighted by Crippen LogP contribution is 2.33. The van der Waals surface area contributed by atoms with E-state index in [4.69, 9.17) is 0 Å². The lowest BCUT2D eigenvalue weighted by atomic mass is 10.2. The SMILES string of the molecule is O=C(c1cc2ccccc2s1)N(Cc1ccccc1)C1CC1. The van der Waals surface area contributed by atoms with Gasteiger partial charge in [0.1, 0.15) is 0 Å². The molecule has 0 unspecified atom stereocenters. The minimum atomic E-state index is 0.174. The van der Waals surface area contributed by atoms with Gasteiger partial charge in [0.2, 0.25) is 0 Å². The fourth-order valence-electron chi connectivity index (χ4n) is 2.76. The maximum absolute atomic E-state index is 12.9. The van der Waals surface area contributed by atoms with Crippen molar-refractivity contribution in [2.24, 2.45) is 0 Å². The van der Waals surface area contributed by atoms with Crippen LogP contribution < -0.4 is 0 Å². The number of carbonyl (C=O) groups is 1. The van der Waals surface area contributed by atoms with Gasteiger partial charge in [-0.2, -0.15) is 0 Å². The second kappa shape index (κ2) is 5.58. The molecule has 1 heterocycles. The lowest BCUT2D eigenvalue weighted by Gasteiger charge is -2.21. The first-order valence-electron chi connectivity index (χ1n) is 7.65. The van der Waals surface area contributed by atoms with E-state index in [1.807, 2.05) is 41.3 Å². The highest BCUT2D eigenvalue weighted by atomic mass is 32.1. The Balaban J connectivity index is 1.63. The number of hydrogen-bond donors (Lipinski definition) is 0. The van der Waals surface area contributed by atoms with Crippen molar-refractivity contribution in [3.63, 3.8) is 0 Å². The van der Waals surface area contributed by atoms with Gasteiger partial charge in [0, 0.05) is 17.3 Å². The van der Waals surface area contributed by atoms with Crippen LogP contribution in [0.1, 0.15) is 28.1 Å². The Morgan fingerprint density at radius 1 is 1.05 bits per heavy atom. The van der Waals surface area contributed by atoms with Crippen LogP contribution in [0.15, 0.2) is 60.7 Å². The molecule has 0 aliphatic heterocycles. The number of amides is 1. The van der Waals surface area contributed by atoms with Gasteiger partial charge in [-0.3, -0.25) is 4.79 Å². The molecule has 2 nitrogen and oxygen atoms in total. The first kappa shape index (κ1) is 13.5. The van der Waals surface area contributed by atoms with E-state index in [0.717, 1.165) is 23.1 Å². The average Bonchev–Trinajstić information content (AvgIpc) is 3.30. The number of carbonyl (C=O) groups excluding carboxylic acids is 1. The maximum Gasteiger partial charge on any atom is 0.264 e. The quantitative estimate of drug-likeness (QED) is 0.684. The van der Waals surface area contributed by atoms with Crippen molar-refractivity contribution in [2.45, 2.75) is 25.4 Å². The van der Waals surface area contributed by atoms with E-state index in [2.05, 4.69) is 24.3 Å². The van der Waals surface area contributed by atoms with Gasteiger partial charge in [-0.1, -0.05) is 48.5 Å². The third-order valence-electron chi connectivity index (χ3n) is 4.08. The first-order chi connectivity index (χ1) is 10.8. The standard InChI is InChI=1S/C19H17NOS/c21-19(18-12-15-8-4-5-9-17(15)22-18)20(16-10-11-16)13-14-6-2-1-3-7-14/h1-9,12,16H,10-11,13H2. The van der Waals surface area contributed by atoms with Gasteiger partial charge in [-0.15, -0.1) is 11.3 Å². The molecule has 2 aromatic carbocycles. The van der Waals surface area contributed by atoms with Crippen LogP contribution in [0.2, 0.25) is 0 Å². The molecule has 1 fully saturated rings. The molecule has 1 saturated carbocycles.